The van der Waals surface area contributed by atoms with Gasteiger partial charge < -0.3 is 0 Å². The minimum atomic E-state index is 0.545. The van der Waals surface area contributed by atoms with Crippen molar-refractivity contribution in [3.63, 3.8) is 0 Å². The van der Waals surface area contributed by atoms with E-state index < -0.39 is 0 Å². The lowest BCUT2D eigenvalue weighted by molar-refractivity contribution is 0.792. The largest absolute Gasteiger partial charge is 0.0614 e. The summed E-state index contributed by atoms with van der Waals surface area (Å²) in [4.78, 5) is 0. The topological polar surface area (TPSA) is 0 Å². The van der Waals surface area contributed by atoms with Crippen LogP contribution in [0, 0.1) is 13.8 Å². The van der Waals surface area contributed by atoms with Gasteiger partial charge in [0.05, 0.1) is 0 Å². The molecule has 0 unspecified atom stereocenters. The average molecular weight is 266 g/mol. The standard InChI is InChI=1S/C20H26/c1-13(2)17-10-8-12-19(20(17)14(3)4)18-11-7-9-15(5)16(18)6/h7-14H,1-6H3. The van der Waals surface area contributed by atoms with Crippen LogP contribution in [-0.2, 0) is 0 Å². The summed E-state index contributed by atoms with van der Waals surface area (Å²) >= 11 is 0. The summed E-state index contributed by atoms with van der Waals surface area (Å²) in [5, 5.41) is 0. The van der Waals surface area contributed by atoms with Crippen molar-refractivity contribution in [3.05, 3.63) is 58.7 Å². The second kappa shape index (κ2) is 5.83. The third kappa shape index (κ3) is 2.65. The highest BCUT2D eigenvalue weighted by Crippen LogP contribution is 2.37. The van der Waals surface area contributed by atoms with E-state index in [1.807, 2.05) is 0 Å². The molecule has 0 fully saturated rings. The fraction of sp³-hybridized carbons (Fsp3) is 0.400. The first-order chi connectivity index (χ1) is 9.43. The zero-order chi connectivity index (χ0) is 14.9. The van der Waals surface area contributed by atoms with Crippen molar-refractivity contribution >= 4 is 0 Å². The Labute approximate surface area is 123 Å². The number of hydrogen-bond donors (Lipinski definition) is 0. The molecule has 0 saturated carbocycles. The van der Waals surface area contributed by atoms with E-state index in [2.05, 4.69) is 77.9 Å². The van der Waals surface area contributed by atoms with Crippen LogP contribution in [0.15, 0.2) is 36.4 Å². The van der Waals surface area contributed by atoms with Gasteiger partial charge in [0.15, 0.2) is 0 Å². The predicted molar refractivity (Wildman–Crippen MR) is 89.5 cm³/mol. The molecule has 0 bridgehead atoms. The van der Waals surface area contributed by atoms with Crippen molar-refractivity contribution in [1.82, 2.24) is 0 Å². The van der Waals surface area contributed by atoms with Crippen LogP contribution < -0.4 is 0 Å². The van der Waals surface area contributed by atoms with Crippen molar-refractivity contribution < 1.29 is 0 Å². The summed E-state index contributed by atoms with van der Waals surface area (Å²) in [5.74, 6) is 1.11. The van der Waals surface area contributed by atoms with E-state index >= 15 is 0 Å². The first-order valence-corrected chi connectivity index (χ1v) is 7.62. The maximum atomic E-state index is 2.30. The Hall–Kier alpha value is -1.56. The molecule has 106 valence electrons. The summed E-state index contributed by atoms with van der Waals surface area (Å²) in [6.45, 7) is 13.6. The van der Waals surface area contributed by atoms with Gasteiger partial charge in [-0.2, -0.15) is 0 Å². The fourth-order valence-electron chi connectivity index (χ4n) is 3.01. The molecule has 20 heavy (non-hydrogen) atoms. The highest BCUT2D eigenvalue weighted by molar-refractivity contribution is 5.73. The Balaban J connectivity index is 2.74. The lowest BCUT2D eigenvalue weighted by Crippen LogP contribution is -2.02. The quantitative estimate of drug-likeness (QED) is 0.619. The Kier molecular flexibility index (Phi) is 4.32. The maximum Gasteiger partial charge on any atom is -0.0144 e. The highest BCUT2D eigenvalue weighted by atomic mass is 14.2. The molecule has 0 aliphatic rings. The highest BCUT2D eigenvalue weighted by Gasteiger charge is 2.16. The average Bonchev–Trinajstić information content (AvgIpc) is 2.40. The molecule has 0 nitrogen and oxygen atoms in total. The van der Waals surface area contributed by atoms with Gasteiger partial charge in [-0.15, -0.1) is 0 Å². The molecule has 0 aromatic heterocycles. The van der Waals surface area contributed by atoms with E-state index in [0.717, 1.165) is 0 Å². The summed E-state index contributed by atoms with van der Waals surface area (Å²) in [5.41, 5.74) is 8.56. The van der Waals surface area contributed by atoms with Gasteiger partial charge in [0.1, 0.15) is 0 Å². The third-order valence-electron chi connectivity index (χ3n) is 4.23. The molecule has 0 radical (unpaired) electrons. The molecule has 0 aliphatic heterocycles. The lowest BCUT2D eigenvalue weighted by Gasteiger charge is -2.22. The molecule has 2 aromatic rings. The summed E-state index contributed by atoms with van der Waals surface area (Å²) in [6, 6.07) is 13.4. The number of rotatable bonds is 3. The molecular formula is C20H26. The van der Waals surface area contributed by atoms with Gasteiger partial charge in [0.25, 0.3) is 0 Å². The van der Waals surface area contributed by atoms with Crippen LogP contribution in [0.5, 0.6) is 0 Å². The molecule has 0 heteroatoms. The molecule has 0 saturated heterocycles. The Morgan fingerprint density at radius 3 is 1.90 bits per heavy atom. The van der Waals surface area contributed by atoms with E-state index in [4.69, 9.17) is 0 Å². The summed E-state index contributed by atoms with van der Waals surface area (Å²) in [6.07, 6.45) is 0. The van der Waals surface area contributed by atoms with Gasteiger partial charge in [0, 0.05) is 0 Å². The van der Waals surface area contributed by atoms with Crippen molar-refractivity contribution in [3.8, 4) is 11.1 Å². The Morgan fingerprint density at radius 2 is 1.30 bits per heavy atom. The van der Waals surface area contributed by atoms with Gasteiger partial charge in [-0.25, -0.2) is 0 Å². The second-order valence-corrected chi connectivity index (χ2v) is 6.37. The summed E-state index contributed by atoms with van der Waals surface area (Å²) < 4.78 is 0. The van der Waals surface area contributed by atoms with Crippen LogP contribution >= 0.6 is 0 Å². The van der Waals surface area contributed by atoms with E-state index in [0.29, 0.717) is 11.8 Å². The van der Waals surface area contributed by atoms with Gasteiger partial charge in [-0.3, -0.25) is 0 Å². The normalized spacial score (nSPS) is 11.4. The molecule has 2 aromatic carbocycles. The zero-order valence-electron chi connectivity index (χ0n) is 13.6. The molecule has 2 rings (SSSR count). The van der Waals surface area contributed by atoms with E-state index in [9.17, 15) is 0 Å². The fourth-order valence-corrected chi connectivity index (χ4v) is 3.01. The Morgan fingerprint density at radius 1 is 0.700 bits per heavy atom. The van der Waals surface area contributed by atoms with Crippen molar-refractivity contribution in [1.29, 1.82) is 0 Å². The SMILES string of the molecule is Cc1cccc(-c2cccc(C(C)C)c2C(C)C)c1C. The van der Waals surface area contributed by atoms with E-state index in [1.54, 1.807) is 0 Å². The number of benzene rings is 2. The predicted octanol–water partition coefficient (Wildman–Crippen LogP) is 6.22. The number of aryl methyl sites for hydroxylation is 1. The van der Waals surface area contributed by atoms with Crippen molar-refractivity contribution in [2.75, 3.05) is 0 Å². The summed E-state index contributed by atoms with van der Waals surface area (Å²) in [7, 11) is 0. The van der Waals surface area contributed by atoms with Crippen LogP contribution in [0.1, 0.15) is 61.8 Å². The molecule has 0 aliphatic carbocycles. The molecular weight excluding hydrogens is 240 g/mol. The van der Waals surface area contributed by atoms with E-state index in [1.165, 1.54) is 33.4 Å². The lowest BCUT2D eigenvalue weighted by atomic mass is 9.83. The van der Waals surface area contributed by atoms with Gasteiger partial charge in [-0.1, -0.05) is 64.1 Å². The third-order valence-corrected chi connectivity index (χ3v) is 4.23. The van der Waals surface area contributed by atoms with Gasteiger partial charge in [-0.05, 0) is 59.1 Å². The second-order valence-electron chi connectivity index (χ2n) is 6.37. The van der Waals surface area contributed by atoms with Crippen LogP contribution in [0.3, 0.4) is 0 Å². The Bertz CT molecular complexity index is 603. The van der Waals surface area contributed by atoms with Gasteiger partial charge in [0.2, 0.25) is 0 Å². The van der Waals surface area contributed by atoms with E-state index in [-0.39, 0.29) is 0 Å². The maximum absolute atomic E-state index is 2.30. The van der Waals surface area contributed by atoms with Crippen LogP contribution in [0.4, 0.5) is 0 Å². The van der Waals surface area contributed by atoms with Crippen LogP contribution in [0.25, 0.3) is 11.1 Å². The first-order valence-electron chi connectivity index (χ1n) is 7.62. The first kappa shape index (κ1) is 14.8. The smallest absolute Gasteiger partial charge is 0.0144 e. The molecule has 0 heterocycles. The minimum Gasteiger partial charge on any atom is -0.0614 e. The monoisotopic (exact) mass is 266 g/mol. The zero-order valence-corrected chi connectivity index (χ0v) is 13.6. The molecule has 0 spiro atoms. The molecule has 0 N–H and O–H groups in total. The van der Waals surface area contributed by atoms with Crippen LogP contribution in [0.2, 0.25) is 0 Å². The minimum absolute atomic E-state index is 0.545. The van der Waals surface area contributed by atoms with Crippen molar-refractivity contribution in [2.45, 2.75) is 53.4 Å². The number of hydrogen-bond acceptors (Lipinski definition) is 0. The van der Waals surface area contributed by atoms with Crippen LogP contribution in [-0.4, -0.2) is 0 Å². The molecule has 0 atom stereocenters. The van der Waals surface area contributed by atoms with Crippen molar-refractivity contribution in [2.24, 2.45) is 0 Å². The van der Waals surface area contributed by atoms with Gasteiger partial charge >= 0.3 is 0 Å². The molecule has 0 amide bonds.